The molecule has 0 saturated carbocycles. The Hall–Kier alpha value is -2.28. The van der Waals surface area contributed by atoms with Crippen LogP contribution in [0.3, 0.4) is 0 Å². The Kier molecular flexibility index (Phi) is 5.83. The first-order valence-corrected chi connectivity index (χ1v) is 7.49. The Balaban J connectivity index is 1.52. The highest BCUT2D eigenvalue weighted by Gasteiger charge is 2.07. The number of rotatable bonds is 7. The minimum absolute atomic E-state index is 0.237. The Labute approximate surface area is 126 Å². The van der Waals surface area contributed by atoms with Gasteiger partial charge in [0, 0.05) is 24.5 Å². The zero-order valence-corrected chi connectivity index (χ0v) is 12.2. The highest BCUT2D eigenvalue weighted by atomic mass is 32.1. The lowest BCUT2D eigenvalue weighted by Gasteiger charge is -2.07. The van der Waals surface area contributed by atoms with Gasteiger partial charge in [0.15, 0.2) is 5.76 Å². The molecule has 6 nitrogen and oxygen atoms in total. The number of carbonyl (C=O) groups excluding carboxylic acids is 2. The molecule has 3 N–H and O–H groups in total. The topological polar surface area (TPSA) is 83.4 Å². The van der Waals surface area contributed by atoms with Crippen molar-refractivity contribution in [3.05, 3.63) is 46.5 Å². The molecule has 2 rings (SSSR count). The van der Waals surface area contributed by atoms with E-state index in [4.69, 9.17) is 4.42 Å². The van der Waals surface area contributed by atoms with Gasteiger partial charge in [-0.05, 0) is 30.0 Å². The van der Waals surface area contributed by atoms with E-state index in [1.807, 2.05) is 17.5 Å². The quantitative estimate of drug-likeness (QED) is 0.680. The number of amides is 3. The zero-order chi connectivity index (χ0) is 14.9. The van der Waals surface area contributed by atoms with E-state index >= 15 is 0 Å². The minimum atomic E-state index is -0.292. The standard InChI is InChI=1S/C14H17N3O3S/c18-13(12-4-1-9-20-12)15-7-8-17-14(19)16-6-5-11-3-2-10-21-11/h1-4,9-10H,5-8H2,(H,15,18)(H2,16,17,19). The summed E-state index contributed by atoms with van der Waals surface area (Å²) in [6.07, 6.45) is 2.26. The molecule has 0 aliphatic carbocycles. The number of hydrogen-bond donors (Lipinski definition) is 3. The Morgan fingerprint density at radius 3 is 2.57 bits per heavy atom. The number of furan rings is 1. The van der Waals surface area contributed by atoms with E-state index in [0.29, 0.717) is 19.6 Å². The molecule has 0 atom stereocenters. The molecule has 7 heteroatoms. The van der Waals surface area contributed by atoms with Crippen molar-refractivity contribution >= 4 is 23.3 Å². The second-order valence-electron chi connectivity index (χ2n) is 4.25. The van der Waals surface area contributed by atoms with Crippen molar-refractivity contribution in [1.29, 1.82) is 0 Å². The first kappa shape index (κ1) is 15.1. The van der Waals surface area contributed by atoms with Crippen LogP contribution in [-0.2, 0) is 6.42 Å². The largest absolute Gasteiger partial charge is 0.459 e. The Morgan fingerprint density at radius 1 is 1.05 bits per heavy atom. The minimum Gasteiger partial charge on any atom is -0.459 e. The van der Waals surface area contributed by atoms with Crippen molar-refractivity contribution < 1.29 is 14.0 Å². The normalized spacial score (nSPS) is 10.1. The van der Waals surface area contributed by atoms with E-state index in [1.165, 1.54) is 11.1 Å². The van der Waals surface area contributed by atoms with Gasteiger partial charge in [0.1, 0.15) is 0 Å². The molecule has 2 heterocycles. The van der Waals surface area contributed by atoms with Crippen LogP contribution in [0.2, 0.25) is 0 Å². The number of urea groups is 1. The van der Waals surface area contributed by atoms with Crippen LogP contribution in [0.5, 0.6) is 0 Å². The summed E-state index contributed by atoms with van der Waals surface area (Å²) in [5.41, 5.74) is 0. The molecule has 3 amide bonds. The van der Waals surface area contributed by atoms with Gasteiger partial charge in [-0.25, -0.2) is 4.79 Å². The van der Waals surface area contributed by atoms with Gasteiger partial charge in [-0.15, -0.1) is 11.3 Å². The zero-order valence-electron chi connectivity index (χ0n) is 11.4. The lowest BCUT2D eigenvalue weighted by Crippen LogP contribution is -2.40. The van der Waals surface area contributed by atoms with Crippen molar-refractivity contribution in [1.82, 2.24) is 16.0 Å². The molecule has 0 aliphatic heterocycles. The lowest BCUT2D eigenvalue weighted by atomic mass is 10.3. The fourth-order valence-electron chi connectivity index (χ4n) is 1.66. The van der Waals surface area contributed by atoms with Gasteiger partial charge in [-0.1, -0.05) is 6.07 Å². The molecule has 2 aromatic rings. The van der Waals surface area contributed by atoms with Crippen LogP contribution >= 0.6 is 11.3 Å². The van der Waals surface area contributed by atoms with Crippen LogP contribution in [0, 0.1) is 0 Å². The third-order valence-corrected chi connectivity index (χ3v) is 3.61. The van der Waals surface area contributed by atoms with E-state index in [1.54, 1.807) is 23.5 Å². The Morgan fingerprint density at radius 2 is 1.86 bits per heavy atom. The smallest absolute Gasteiger partial charge is 0.314 e. The van der Waals surface area contributed by atoms with Crippen molar-refractivity contribution in [3.63, 3.8) is 0 Å². The van der Waals surface area contributed by atoms with Gasteiger partial charge in [0.2, 0.25) is 0 Å². The van der Waals surface area contributed by atoms with Gasteiger partial charge < -0.3 is 20.4 Å². The van der Waals surface area contributed by atoms with Crippen molar-refractivity contribution in [3.8, 4) is 0 Å². The molecule has 21 heavy (non-hydrogen) atoms. The molecule has 0 saturated heterocycles. The number of hydrogen-bond acceptors (Lipinski definition) is 4. The molecule has 0 unspecified atom stereocenters. The maximum Gasteiger partial charge on any atom is 0.314 e. The van der Waals surface area contributed by atoms with Gasteiger partial charge in [0.05, 0.1) is 6.26 Å². The predicted octanol–water partition coefficient (Wildman–Crippen LogP) is 1.61. The van der Waals surface area contributed by atoms with Gasteiger partial charge in [-0.3, -0.25) is 4.79 Å². The molecule has 0 radical (unpaired) electrons. The maximum absolute atomic E-state index is 11.5. The summed E-state index contributed by atoms with van der Waals surface area (Å²) in [5, 5.41) is 10.1. The number of carbonyl (C=O) groups is 2. The van der Waals surface area contributed by atoms with Crippen molar-refractivity contribution in [2.24, 2.45) is 0 Å². The third-order valence-electron chi connectivity index (χ3n) is 2.68. The van der Waals surface area contributed by atoms with Crippen LogP contribution in [0.1, 0.15) is 15.4 Å². The summed E-state index contributed by atoms with van der Waals surface area (Å²) in [7, 11) is 0. The SMILES string of the molecule is O=C(NCCNC(=O)c1ccco1)NCCc1cccs1. The predicted molar refractivity (Wildman–Crippen MR) is 80.5 cm³/mol. The van der Waals surface area contributed by atoms with Crippen molar-refractivity contribution in [2.45, 2.75) is 6.42 Å². The molecule has 0 aromatic carbocycles. The molecule has 0 fully saturated rings. The average molecular weight is 307 g/mol. The second kappa shape index (κ2) is 8.11. The second-order valence-corrected chi connectivity index (χ2v) is 5.28. The first-order valence-electron chi connectivity index (χ1n) is 6.61. The summed E-state index contributed by atoms with van der Waals surface area (Å²) in [4.78, 5) is 24.3. The number of thiophene rings is 1. The van der Waals surface area contributed by atoms with Crippen LogP contribution in [-0.4, -0.2) is 31.6 Å². The van der Waals surface area contributed by atoms with Crippen LogP contribution in [0.25, 0.3) is 0 Å². The average Bonchev–Trinajstić information content (AvgIpc) is 3.16. The highest BCUT2D eigenvalue weighted by Crippen LogP contribution is 2.07. The van der Waals surface area contributed by atoms with E-state index in [9.17, 15) is 9.59 Å². The summed E-state index contributed by atoms with van der Waals surface area (Å²) >= 11 is 1.67. The van der Waals surface area contributed by atoms with E-state index in [-0.39, 0.29) is 17.7 Å². The monoisotopic (exact) mass is 307 g/mol. The number of nitrogens with one attached hydrogen (secondary N) is 3. The highest BCUT2D eigenvalue weighted by molar-refractivity contribution is 7.09. The molecule has 0 bridgehead atoms. The fourth-order valence-corrected chi connectivity index (χ4v) is 2.37. The van der Waals surface area contributed by atoms with Gasteiger partial charge >= 0.3 is 6.03 Å². The molecule has 0 aliphatic rings. The van der Waals surface area contributed by atoms with Crippen LogP contribution in [0.15, 0.2) is 40.3 Å². The summed E-state index contributed by atoms with van der Waals surface area (Å²) < 4.78 is 4.95. The summed E-state index contributed by atoms with van der Waals surface area (Å²) in [5.74, 6) is -0.0321. The maximum atomic E-state index is 11.5. The fraction of sp³-hybridized carbons (Fsp3) is 0.286. The summed E-state index contributed by atoms with van der Waals surface area (Å²) in [6.45, 7) is 1.29. The van der Waals surface area contributed by atoms with Gasteiger partial charge in [0.25, 0.3) is 5.91 Å². The van der Waals surface area contributed by atoms with Crippen LogP contribution < -0.4 is 16.0 Å². The molecular formula is C14H17N3O3S. The molecule has 0 spiro atoms. The van der Waals surface area contributed by atoms with Crippen molar-refractivity contribution in [2.75, 3.05) is 19.6 Å². The van der Waals surface area contributed by atoms with E-state index < -0.39 is 0 Å². The molecule has 2 aromatic heterocycles. The van der Waals surface area contributed by atoms with E-state index in [2.05, 4.69) is 16.0 Å². The van der Waals surface area contributed by atoms with Gasteiger partial charge in [-0.2, -0.15) is 0 Å². The lowest BCUT2D eigenvalue weighted by molar-refractivity contribution is 0.0926. The molecular weight excluding hydrogens is 290 g/mol. The van der Waals surface area contributed by atoms with E-state index in [0.717, 1.165) is 6.42 Å². The van der Waals surface area contributed by atoms with Crippen LogP contribution in [0.4, 0.5) is 4.79 Å². The molecule has 112 valence electrons. The third kappa shape index (κ3) is 5.31. The first-order chi connectivity index (χ1) is 10.3. The Bertz CT molecular complexity index is 552. The summed E-state index contributed by atoms with van der Waals surface area (Å²) in [6, 6.07) is 7.02.